The summed E-state index contributed by atoms with van der Waals surface area (Å²) < 4.78 is 33.2. The summed E-state index contributed by atoms with van der Waals surface area (Å²) in [6.45, 7) is 5.37. The van der Waals surface area contributed by atoms with Crippen molar-refractivity contribution < 1.29 is 17.9 Å². The number of hydrogen-bond acceptors (Lipinski definition) is 5. The molecule has 0 radical (unpaired) electrons. The van der Waals surface area contributed by atoms with Gasteiger partial charge in [-0.25, -0.2) is 13.2 Å². The number of esters is 1. The van der Waals surface area contributed by atoms with Gasteiger partial charge in [-0.3, -0.25) is 4.31 Å². The summed E-state index contributed by atoms with van der Waals surface area (Å²) >= 11 is 13.3. The number of carbonyl (C=O) groups is 1. The second-order valence-corrected chi connectivity index (χ2v) is 11.8. The Kier molecular flexibility index (Phi) is 6.26. The lowest BCUT2D eigenvalue weighted by Gasteiger charge is -2.23. The van der Waals surface area contributed by atoms with Gasteiger partial charge in [0.05, 0.1) is 20.5 Å². The lowest BCUT2D eigenvalue weighted by molar-refractivity contribution is 0.00697. The Balaban J connectivity index is 2.10. The van der Waals surface area contributed by atoms with E-state index in [0.29, 0.717) is 10.6 Å². The highest BCUT2D eigenvalue weighted by molar-refractivity contribution is 7.93. The van der Waals surface area contributed by atoms with E-state index in [4.69, 9.17) is 27.9 Å². The van der Waals surface area contributed by atoms with Crippen LogP contribution in [0.4, 0.5) is 5.00 Å². The smallest absolute Gasteiger partial charge is 0.341 e. The summed E-state index contributed by atoms with van der Waals surface area (Å²) in [5.41, 5.74) is 0.575. The summed E-state index contributed by atoms with van der Waals surface area (Å²) in [5.74, 6) is -0.497. The van der Waals surface area contributed by atoms with Gasteiger partial charge >= 0.3 is 5.97 Å². The van der Waals surface area contributed by atoms with Crippen molar-refractivity contribution in [3.8, 4) is 0 Å². The SMILES string of the molecule is CN(c1sc2c(c1C(=O)OC(C)(C)C)CCCC2)S(=O)(=O)c1ccc(Cl)c(Cl)c1. The number of thiophene rings is 1. The molecule has 0 bridgehead atoms. The number of anilines is 1. The average molecular weight is 476 g/mol. The van der Waals surface area contributed by atoms with Gasteiger partial charge in [0, 0.05) is 11.9 Å². The molecule has 9 heteroatoms. The summed E-state index contributed by atoms with van der Waals surface area (Å²) in [7, 11) is -2.49. The van der Waals surface area contributed by atoms with Gasteiger partial charge in [-0.05, 0) is 70.2 Å². The molecule has 5 nitrogen and oxygen atoms in total. The van der Waals surface area contributed by atoms with Gasteiger partial charge in [0.2, 0.25) is 0 Å². The minimum absolute atomic E-state index is 0.0101. The van der Waals surface area contributed by atoms with Gasteiger partial charge in [-0.15, -0.1) is 11.3 Å². The van der Waals surface area contributed by atoms with Crippen LogP contribution in [0.1, 0.15) is 54.4 Å². The highest BCUT2D eigenvalue weighted by Gasteiger charge is 2.34. The zero-order valence-electron chi connectivity index (χ0n) is 16.7. The van der Waals surface area contributed by atoms with Crippen molar-refractivity contribution in [2.24, 2.45) is 0 Å². The normalized spacial score (nSPS) is 14.4. The molecule has 0 atom stereocenters. The topological polar surface area (TPSA) is 63.7 Å². The van der Waals surface area contributed by atoms with Gasteiger partial charge in [0.15, 0.2) is 0 Å². The molecule has 1 aromatic heterocycles. The molecule has 0 amide bonds. The van der Waals surface area contributed by atoms with Crippen LogP contribution in [0.2, 0.25) is 10.0 Å². The van der Waals surface area contributed by atoms with Crippen LogP contribution in [0.3, 0.4) is 0 Å². The molecule has 1 heterocycles. The lowest BCUT2D eigenvalue weighted by Crippen LogP contribution is -2.29. The maximum atomic E-state index is 13.2. The van der Waals surface area contributed by atoms with E-state index >= 15 is 0 Å². The number of hydrogen-bond donors (Lipinski definition) is 0. The van der Waals surface area contributed by atoms with Gasteiger partial charge in [-0.2, -0.15) is 0 Å². The lowest BCUT2D eigenvalue weighted by atomic mass is 9.95. The molecule has 0 spiro atoms. The van der Waals surface area contributed by atoms with E-state index in [2.05, 4.69) is 0 Å². The summed E-state index contributed by atoms with van der Waals surface area (Å²) in [6, 6.07) is 4.16. The Bertz CT molecular complexity index is 1060. The molecule has 29 heavy (non-hydrogen) atoms. The fourth-order valence-corrected chi connectivity index (χ4v) is 6.36. The molecule has 0 unspecified atom stereocenters. The zero-order valence-corrected chi connectivity index (χ0v) is 19.9. The van der Waals surface area contributed by atoms with Crippen LogP contribution < -0.4 is 4.31 Å². The molecule has 158 valence electrons. The van der Waals surface area contributed by atoms with Gasteiger partial charge < -0.3 is 4.74 Å². The van der Waals surface area contributed by atoms with Crippen molar-refractivity contribution in [2.45, 2.75) is 57.0 Å². The second kappa shape index (κ2) is 8.10. The standard InChI is InChI=1S/C20H23Cl2NO4S2/c1-20(2,3)27-19(24)17-13-7-5-6-8-16(13)28-18(17)23(4)29(25,26)12-9-10-14(21)15(22)11-12/h9-11H,5-8H2,1-4H3. The molecule has 1 aliphatic carbocycles. The maximum absolute atomic E-state index is 13.2. The number of halogens is 2. The number of rotatable bonds is 4. The van der Waals surface area contributed by atoms with Crippen molar-refractivity contribution in [1.29, 1.82) is 0 Å². The van der Waals surface area contributed by atoms with Crippen LogP contribution in [-0.4, -0.2) is 27.0 Å². The fraction of sp³-hybridized carbons (Fsp3) is 0.450. The molecule has 0 saturated heterocycles. The van der Waals surface area contributed by atoms with Crippen LogP contribution in [-0.2, 0) is 27.6 Å². The van der Waals surface area contributed by atoms with Gasteiger partial charge in [0.25, 0.3) is 10.0 Å². The Morgan fingerprint density at radius 2 is 1.79 bits per heavy atom. The quantitative estimate of drug-likeness (QED) is 0.530. The molecule has 0 fully saturated rings. The van der Waals surface area contributed by atoms with E-state index in [-0.39, 0.29) is 14.9 Å². The molecule has 1 aromatic carbocycles. The van der Waals surface area contributed by atoms with Crippen molar-refractivity contribution in [2.75, 3.05) is 11.4 Å². The number of ether oxygens (including phenoxy) is 1. The van der Waals surface area contributed by atoms with Crippen LogP contribution in [0, 0.1) is 0 Å². The van der Waals surface area contributed by atoms with E-state index < -0.39 is 21.6 Å². The summed E-state index contributed by atoms with van der Waals surface area (Å²) in [6.07, 6.45) is 3.55. The first-order valence-corrected chi connectivity index (χ1v) is 12.2. The van der Waals surface area contributed by atoms with E-state index in [1.54, 1.807) is 20.8 Å². The largest absolute Gasteiger partial charge is 0.456 e. The number of aryl methyl sites for hydroxylation is 1. The number of nitrogens with zero attached hydrogens (tertiary/aromatic N) is 1. The van der Waals surface area contributed by atoms with Crippen LogP contribution in [0.5, 0.6) is 0 Å². The third-order valence-electron chi connectivity index (χ3n) is 4.59. The average Bonchev–Trinajstić information content (AvgIpc) is 3.01. The van der Waals surface area contributed by atoms with E-state index in [1.165, 1.54) is 36.6 Å². The van der Waals surface area contributed by atoms with Gasteiger partial charge in [-0.1, -0.05) is 23.2 Å². The van der Waals surface area contributed by atoms with Crippen molar-refractivity contribution in [1.82, 2.24) is 0 Å². The number of sulfonamides is 1. The highest BCUT2D eigenvalue weighted by atomic mass is 35.5. The monoisotopic (exact) mass is 475 g/mol. The van der Waals surface area contributed by atoms with Crippen LogP contribution in [0.15, 0.2) is 23.1 Å². The number of fused-ring (bicyclic) bond motifs is 1. The molecular weight excluding hydrogens is 453 g/mol. The molecule has 1 aliphatic rings. The van der Waals surface area contributed by atoms with Crippen molar-refractivity contribution in [3.63, 3.8) is 0 Å². The predicted molar refractivity (Wildman–Crippen MR) is 118 cm³/mol. The molecule has 0 saturated carbocycles. The first-order chi connectivity index (χ1) is 13.4. The molecule has 0 N–H and O–H groups in total. The maximum Gasteiger partial charge on any atom is 0.341 e. The first kappa shape index (κ1) is 22.4. The number of carbonyl (C=O) groups excluding carboxylic acids is 1. The second-order valence-electron chi connectivity index (χ2n) is 7.94. The van der Waals surface area contributed by atoms with Gasteiger partial charge in [0.1, 0.15) is 10.6 Å². The Labute approximate surface area is 185 Å². The van der Waals surface area contributed by atoms with E-state index in [1.807, 2.05) is 0 Å². The van der Waals surface area contributed by atoms with Crippen LogP contribution in [0.25, 0.3) is 0 Å². The van der Waals surface area contributed by atoms with Crippen LogP contribution >= 0.6 is 34.5 Å². The fourth-order valence-electron chi connectivity index (χ4n) is 3.22. The number of benzene rings is 1. The first-order valence-electron chi connectivity index (χ1n) is 9.23. The minimum atomic E-state index is -3.94. The molecule has 3 rings (SSSR count). The molecule has 0 aliphatic heterocycles. The Hall–Kier alpha value is -1.28. The predicted octanol–water partition coefficient (Wildman–Crippen LogP) is 5.71. The third kappa shape index (κ3) is 4.58. The van der Waals surface area contributed by atoms with E-state index in [0.717, 1.165) is 40.4 Å². The zero-order chi connectivity index (χ0) is 21.6. The third-order valence-corrected chi connectivity index (χ3v) is 8.57. The summed E-state index contributed by atoms with van der Waals surface area (Å²) in [5, 5.41) is 0.797. The Morgan fingerprint density at radius 3 is 2.41 bits per heavy atom. The highest BCUT2D eigenvalue weighted by Crippen LogP contribution is 2.42. The van der Waals surface area contributed by atoms with Crippen molar-refractivity contribution in [3.05, 3.63) is 44.2 Å². The summed E-state index contributed by atoms with van der Waals surface area (Å²) in [4.78, 5) is 14.1. The minimum Gasteiger partial charge on any atom is -0.456 e. The van der Waals surface area contributed by atoms with Crippen molar-refractivity contribution >= 4 is 55.5 Å². The molecular formula is C20H23Cl2NO4S2. The molecule has 2 aromatic rings. The Morgan fingerprint density at radius 1 is 1.14 bits per heavy atom. The van der Waals surface area contributed by atoms with E-state index in [9.17, 15) is 13.2 Å².